The normalized spacial score (nSPS) is 11.1. The molecule has 0 atom stereocenters. The molecular formula is C16H19ClIN3O. The Bertz CT molecular complexity index is 674. The first kappa shape index (κ1) is 17.4. The first-order valence-corrected chi connectivity index (χ1v) is 8.76. The van der Waals surface area contributed by atoms with E-state index in [1.807, 2.05) is 18.2 Å². The minimum Gasteiger partial charge on any atom is -0.351 e. The predicted octanol–water partition coefficient (Wildman–Crippen LogP) is 3.56. The van der Waals surface area contributed by atoms with E-state index in [1.165, 1.54) is 0 Å². The lowest BCUT2D eigenvalue weighted by atomic mass is 10.1. The second-order valence-electron chi connectivity index (χ2n) is 4.93. The molecule has 0 radical (unpaired) electrons. The highest BCUT2D eigenvalue weighted by Crippen LogP contribution is 2.27. The summed E-state index contributed by atoms with van der Waals surface area (Å²) in [5.41, 5.74) is 1.22. The second kappa shape index (κ2) is 8.08. The topological polar surface area (TPSA) is 45.2 Å². The summed E-state index contributed by atoms with van der Waals surface area (Å²) in [6.45, 7) is 7.59. The maximum absolute atomic E-state index is 12.3. The van der Waals surface area contributed by atoms with Gasteiger partial charge in [0.1, 0.15) is 0 Å². The third-order valence-electron chi connectivity index (χ3n) is 3.62. The fraction of sp³-hybridized carbons (Fsp3) is 0.375. The van der Waals surface area contributed by atoms with Crippen molar-refractivity contribution in [3.63, 3.8) is 0 Å². The molecule has 118 valence electrons. The highest BCUT2D eigenvalue weighted by atomic mass is 127. The van der Waals surface area contributed by atoms with Gasteiger partial charge in [-0.2, -0.15) is 0 Å². The van der Waals surface area contributed by atoms with Crippen LogP contribution < -0.4 is 5.32 Å². The molecule has 4 nitrogen and oxygen atoms in total. The van der Waals surface area contributed by atoms with Gasteiger partial charge in [0.15, 0.2) is 0 Å². The average Bonchev–Trinajstić information content (AvgIpc) is 2.52. The van der Waals surface area contributed by atoms with Gasteiger partial charge < -0.3 is 10.2 Å². The Balaban J connectivity index is 2.13. The van der Waals surface area contributed by atoms with Crippen molar-refractivity contribution in [3.05, 3.63) is 38.6 Å². The molecule has 22 heavy (non-hydrogen) atoms. The van der Waals surface area contributed by atoms with Crippen molar-refractivity contribution in [2.45, 2.75) is 13.8 Å². The second-order valence-corrected chi connectivity index (χ2v) is 6.55. The molecule has 1 N–H and O–H groups in total. The number of rotatable bonds is 6. The van der Waals surface area contributed by atoms with Gasteiger partial charge in [-0.1, -0.05) is 25.4 Å². The minimum atomic E-state index is -0.176. The summed E-state index contributed by atoms with van der Waals surface area (Å²) in [5.74, 6) is -0.176. The van der Waals surface area contributed by atoms with E-state index in [-0.39, 0.29) is 5.91 Å². The van der Waals surface area contributed by atoms with Crippen molar-refractivity contribution in [1.29, 1.82) is 0 Å². The number of hydrogen-bond donors (Lipinski definition) is 1. The van der Waals surface area contributed by atoms with E-state index in [1.54, 1.807) is 6.20 Å². The van der Waals surface area contributed by atoms with E-state index >= 15 is 0 Å². The molecule has 0 unspecified atom stereocenters. The number of halogens is 2. The van der Waals surface area contributed by atoms with Crippen LogP contribution in [0.1, 0.15) is 24.2 Å². The first-order valence-electron chi connectivity index (χ1n) is 7.31. The van der Waals surface area contributed by atoms with Crippen LogP contribution in [0, 0.1) is 3.57 Å². The van der Waals surface area contributed by atoms with Crippen molar-refractivity contribution in [1.82, 2.24) is 15.2 Å². The van der Waals surface area contributed by atoms with Crippen LogP contribution in [0.5, 0.6) is 0 Å². The number of nitrogens with zero attached hydrogens (tertiary/aromatic N) is 2. The van der Waals surface area contributed by atoms with Gasteiger partial charge in [-0.15, -0.1) is 0 Å². The fourth-order valence-corrected chi connectivity index (χ4v) is 3.03. The lowest BCUT2D eigenvalue weighted by Crippen LogP contribution is -2.34. The molecule has 1 heterocycles. The molecule has 0 bridgehead atoms. The highest BCUT2D eigenvalue weighted by molar-refractivity contribution is 14.1. The van der Waals surface area contributed by atoms with Crippen molar-refractivity contribution in [2.24, 2.45) is 0 Å². The molecule has 1 amide bonds. The summed E-state index contributed by atoms with van der Waals surface area (Å²) >= 11 is 8.61. The van der Waals surface area contributed by atoms with E-state index in [9.17, 15) is 4.79 Å². The number of nitrogens with one attached hydrogen (secondary N) is 1. The SMILES string of the molecule is CCN(CC)CCNC(=O)c1cnc2ccc(I)cc2c1Cl. The van der Waals surface area contributed by atoms with Crippen molar-refractivity contribution in [2.75, 3.05) is 26.2 Å². The van der Waals surface area contributed by atoms with Gasteiger partial charge in [0.05, 0.1) is 16.1 Å². The van der Waals surface area contributed by atoms with E-state index in [0.717, 1.165) is 34.1 Å². The number of pyridine rings is 1. The molecule has 1 aromatic heterocycles. The Morgan fingerprint density at radius 3 is 2.77 bits per heavy atom. The summed E-state index contributed by atoms with van der Waals surface area (Å²) in [6.07, 6.45) is 1.55. The predicted molar refractivity (Wildman–Crippen MR) is 99.6 cm³/mol. The van der Waals surface area contributed by atoms with Crippen LogP contribution in [-0.2, 0) is 0 Å². The summed E-state index contributed by atoms with van der Waals surface area (Å²) in [7, 11) is 0. The number of aromatic nitrogens is 1. The van der Waals surface area contributed by atoms with Gasteiger partial charge in [0.2, 0.25) is 0 Å². The quantitative estimate of drug-likeness (QED) is 0.711. The smallest absolute Gasteiger partial charge is 0.254 e. The van der Waals surface area contributed by atoms with Gasteiger partial charge >= 0.3 is 0 Å². The number of fused-ring (bicyclic) bond motifs is 1. The summed E-state index contributed by atoms with van der Waals surface area (Å²) in [4.78, 5) is 18.9. The molecule has 6 heteroatoms. The Morgan fingerprint density at radius 2 is 2.09 bits per heavy atom. The zero-order chi connectivity index (χ0) is 16.1. The molecule has 2 rings (SSSR count). The van der Waals surface area contributed by atoms with Crippen LogP contribution in [-0.4, -0.2) is 42.0 Å². The van der Waals surface area contributed by atoms with Crippen LogP contribution in [0.3, 0.4) is 0 Å². The summed E-state index contributed by atoms with van der Waals surface area (Å²) in [5, 5.41) is 4.18. The van der Waals surface area contributed by atoms with Gasteiger partial charge in [-0.25, -0.2) is 0 Å². The number of benzene rings is 1. The van der Waals surface area contributed by atoms with E-state index < -0.39 is 0 Å². The third kappa shape index (κ3) is 4.08. The molecule has 0 spiro atoms. The number of carbonyl (C=O) groups excluding carboxylic acids is 1. The van der Waals surface area contributed by atoms with Gasteiger partial charge in [0, 0.05) is 28.2 Å². The van der Waals surface area contributed by atoms with Crippen molar-refractivity contribution >= 4 is 51.0 Å². The molecule has 0 aliphatic carbocycles. The lowest BCUT2D eigenvalue weighted by Gasteiger charge is -2.18. The number of likely N-dealkylation sites (N-methyl/N-ethyl adjacent to an activating group) is 1. The monoisotopic (exact) mass is 431 g/mol. The molecule has 0 aliphatic heterocycles. The third-order valence-corrected chi connectivity index (χ3v) is 4.70. The van der Waals surface area contributed by atoms with Crippen molar-refractivity contribution < 1.29 is 4.79 Å². The zero-order valence-electron chi connectivity index (χ0n) is 12.7. The molecule has 0 saturated carbocycles. The molecule has 1 aromatic carbocycles. The molecule has 0 saturated heterocycles. The number of carbonyl (C=O) groups is 1. The molecular weight excluding hydrogens is 413 g/mol. The van der Waals surface area contributed by atoms with E-state index in [4.69, 9.17) is 11.6 Å². The maximum Gasteiger partial charge on any atom is 0.254 e. The summed E-state index contributed by atoms with van der Waals surface area (Å²) < 4.78 is 1.06. The average molecular weight is 432 g/mol. The van der Waals surface area contributed by atoms with E-state index in [0.29, 0.717) is 17.1 Å². The van der Waals surface area contributed by atoms with Crippen molar-refractivity contribution in [3.8, 4) is 0 Å². The van der Waals surface area contributed by atoms with Gasteiger partial charge in [-0.05, 0) is 53.9 Å². The Kier molecular flexibility index (Phi) is 6.40. The minimum absolute atomic E-state index is 0.176. The highest BCUT2D eigenvalue weighted by Gasteiger charge is 2.14. The fourth-order valence-electron chi connectivity index (χ4n) is 2.25. The Hall–Kier alpha value is -0.920. The molecule has 0 aliphatic rings. The van der Waals surface area contributed by atoms with E-state index in [2.05, 4.69) is 51.6 Å². The standard InChI is InChI=1S/C16H19ClIN3O/c1-3-21(4-2)8-7-19-16(22)13-10-20-14-6-5-11(18)9-12(14)15(13)17/h5-6,9-10H,3-4,7-8H2,1-2H3,(H,19,22). The van der Waals surface area contributed by atoms with Gasteiger partial charge in [0.25, 0.3) is 5.91 Å². The maximum atomic E-state index is 12.3. The number of amides is 1. The first-order chi connectivity index (χ1) is 10.6. The van der Waals surface area contributed by atoms with Crippen LogP contribution in [0.4, 0.5) is 0 Å². The lowest BCUT2D eigenvalue weighted by molar-refractivity contribution is 0.0949. The summed E-state index contributed by atoms with van der Waals surface area (Å²) in [6, 6.07) is 5.82. The molecule has 0 fully saturated rings. The van der Waals surface area contributed by atoms with Crippen LogP contribution >= 0.6 is 34.2 Å². The number of hydrogen-bond acceptors (Lipinski definition) is 3. The van der Waals surface area contributed by atoms with Crippen LogP contribution in [0.15, 0.2) is 24.4 Å². The largest absolute Gasteiger partial charge is 0.351 e. The van der Waals surface area contributed by atoms with Crippen LogP contribution in [0.2, 0.25) is 5.02 Å². The van der Waals surface area contributed by atoms with Crippen LogP contribution in [0.25, 0.3) is 10.9 Å². The Morgan fingerprint density at radius 1 is 1.36 bits per heavy atom. The Labute approximate surface area is 149 Å². The van der Waals surface area contributed by atoms with Gasteiger partial charge in [-0.3, -0.25) is 9.78 Å². The molecule has 2 aromatic rings. The zero-order valence-corrected chi connectivity index (χ0v) is 15.6.